The van der Waals surface area contributed by atoms with Gasteiger partial charge in [-0.1, -0.05) is 36.4 Å². The minimum atomic E-state index is -4.11. The lowest BCUT2D eigenvalue weighted by molar-refractivity contribution is 0.0556. The lowest BCUT2D eigenvalue weighted by Gasteiger charge is -2.50. The lowest BCUT2D eigenvalue weighted by Crippen LogP contribution is -2.65. The van der Waals surface area contributed by atoms with Gasteiger partial charge in [0.2, 0.25) is 10.0 Å². The zero-order chi connectivity index (χ0) is 21.3. The zero-order valence-corrected chi connectivity index (χ0v) is 17.2. The van der Waals surface area contributed by atoms with E-state index in [1.54, 1.807) is 0 Å². The molecule has 0 bridgehead atoms. The third-order valence-electron chi connectivity index (χ3n) is 6.00. The number of aliphatic hydroxyl groups excluding tert-OH is 1. The van der Waals surface area contributed by atoms with Crippen LogP contribution in [-0.4, -0.2) is 36.5 Å². The summed E-state index contributed by atoms with van der Waals surface area (Å²) in [4.78, 5) is -0.223. The molecule has 0 spiro atoms. The van der Waals surface area contributed by atoms with Crippen LogP contribution < -0.4 is 0 Å². The van der Waals surface area contributed by atoms with Gasteiger partial charge in [-0.3, -0.25) is 0 Å². The highest BCUT2D eigenvalue weighted by atomic mass is 32.2. The second-order valence-corrected chi connectivity index (χ2v) is 9.58. The van der Waals surface area contributed by atoms with Crippen LogP contribution in [0.4, 0.5) is 4.39 Å². The Labute approximate surface area is 176 Å². The smallest absolute Gasteiger partial charge is 0.244 e. The van der Waals surface area contributed by atoms with E-state index in [0.29, 0.717) is 0 Å². The van der Waals surface area contributed by atoms with Crippen LogP contribution in [-0.2, 0) is 10.0 Å². The van der Waals surface area contributed by atoms with Crippen LogP contribution in [0.5, 0.6) is 0 Å². The van der Waals surface area contributed by atoms with Crippen molar-refractivity contribution in [3.63, 3.8) is 0 Å². The molecule has 156 valence electrons. The van der Waals surface area contributed by atoms with Gasteiger partial charge < -0.3 is 5.11 Å². The number of halogens is 1. The second kappa shape index (κ2) is 8.31. The Morgan fingerprint density at radius 3 is 2.53 bits per heavy atom. The van der Waals surface area contributed by atoms with Gasteiger partial charge in [0, 0.05) is 5.92 Å². The number of hydrogen-bond acceptors (Lipinski definition) is 4. The highest BCUT2D eigenvalue weighted by Crippen LogP contribution is 2.44. The molecule has 1 aliphatic heterocycles. The molecule has 1 fully saturated rings. The van der Waals surface area contributed by atoms with Gasteiger partial charge in [-0.2, -0.15) is 9.57 Å². The van der Waals surface area contributed by atoms with Crippen molar-refractivity contribution < 1.29 is 17.9 Å². The topological polar surface area (TPSA) is 81.4 Å². The number of benzene rings is 2. The van der Waals surface area contributed by atoms with Crippen LogP contribution in [0.2, 0.25) is 0 Å². The van der Waals surface area contributed by atoms with E-state index in [9.17, 15) is 23.2 Å². The average molecular weight is 427 g/mol. The van der Waals surface area contributed by atoms with Gasteiger partial charge in [0.15, 0.2) is 0 Å². The summed E-state index contributed by atoms with van der Waals surface area (Å²) in [5.41, 5.74) is 3.26. The minimum Gasteiger partial charge on any atom is -0.395 e. The summed E-state index contributed by atoms with van der Waals surface area (Å²) < 4.78 is 40.6. The van der Waals surface area contributed by atoms with Crippen LogP contribution in [0, 0.1) is 17.1 Å². The molecule has 4 rings (SSSR count). The van der Waals surface area contributed by atoms with Crippen molar-refractivity contribution in [3.05, 3.63) is 71.6 Å². The Balaban J connectivity index is 1.63. The molecule has 1 heterocycles. The number of aliphatic hydroxyl groups is 1. The predicted molar refractivity (Wildman–Crippen MR) is 111 cm³/mol. The van der Waals surface area contributed by atoms with Crippen molar-refractivity contribution in [3.8, 4) is 6.07 Å². The van der Waals surface area contributed by atoms with Gasteiger partial charge >= 0.3 is 0 Å². The monoisotopic (exact) mass is 426 g/mol. The molecule has 0 aromatic heterocycles. The fraction of sp³-hybridized carbons (Fsp3) is 0.348. The molecule has 5 nitrogen and oxygen atoms in total. The van der Waals surface area contributed by atoms with Gasteiger partial charge in [-0.05, 0) is 60.6 Å². The zero-order valence-electron chi connectivity index (χ0n) is 16.4. The highest BCUT2D eigenvalue weighted by molar-refractivity contribution is 7.89. The first-order chi connectivity index (χ1) is 14.5. The molecule has 1 N–H and O–H groups in total. The molecule has 0 amide bonds. The predicted octanol–water partition coefficient (Wildman–Crippen LogP) is 3.82. The van der Waals surface area contributed by atoms with Crippen molar-refractivity contribution in [1.29, 1.82) is 5.26 Å². The van der Waals surface area contributed by atoms with Crippen LogP contribution in [0.25, 0.3) is 5.57 Å². The SMILES string of the molecule is N#C[C@@H]1[C@@H](c2ccc(C3=CCCCC3)cc2)[C@H](CO)N1S(=O)(=O)c1cccc(F)c1. The normalized spacial score (nSPS) is 24.6. The van der Waals surface area contributed by atoms with E-state index in [2.05, 4.69) is 12.1 Å². The number of rotatable bonds is 5. The summed E-state index contributed by atoms with van der Waals surface area (Å²) in [5, 5.41) is 19.6. The molecule has 7 heteroatoms. The maximum absolute atomic E-state index is 13.6. The number of allylic oxidation sites excluding steroid dienone is 2. The summed E-state index contributed by atoms with van der Waals surface area (Å²) in [5.74, 6) is -1.12. The van der Waals surface area contributed by atoms with Crippen molar-refractivity contribution in [2.75, 3.05) is 6.61 Å². The van der Waals surface area contributed by atoms with Gasteiger partial charge in [-0.15, -0.1) is 0 Å². The average Bonchev–Trinajstić information content (AvgIpc) is 2.74. The van der Waals surface area contributed by atoms with Gasteiger partial charge in [-0.25, -0.2) is 12.8 Å². The van der Waals surface area contributed by atoms with E-state index in [4.69, 9.17) is 0 Å². The maximum Gasteiger partial charge on any atom is 0.244 e. The molecule has 1 aliphatic carbocycles. The third kappa shape index (κ3) is 3.56. The number of sulfonamides is 1. The van der Waals surface area contributed by atoms with E-state index in [1.807, 2.05) is 24.3 Å². The standard InChI is InChI=1S/C23H23FN2O3S/c24-19-7-4-8-20(13-19)30(28,29)26-21(14-25)23(22(26)15-27)18-11-9-17(10-12-18)16-5-2-1-3-6-16/h4-5,7-13,21-23,27H,1-3,6,15H2/t21-,22+,23-/m1/s1. The Hall–Kier alpha value is -2.53. The van der Waals surface area contributed by atoms with Crippen molar-refractivity contribution in [2.24, 2.45) is 0 Å². The molecule has 2 aromatic carbocycles. The summed E-state index contributed by atoms with van der Waals surface area (Å²) in [6, 6.07) is 12.8. The van der Waals surface area contributed by atoms with Crippen LogP contribution in [0.15, 0.2) is 59.5 Å². The first-order valence-electron chi connectivity index (χ1n) is 10.1. The summed E-state index contributed by atoms with van der Waals surface area (Å²) in [6.07, 6.45) is 6.76. The van der Waals surface area contributed by atoms with E-state index >= 15 is 0 Å². The summed E-state index contributed by atoms with van der Waals surface area (Å²) in [7, 11) is -4.11. The van der Waals surface area contributed by atoms with Crippen LogP contribution in [0.3, 0.4) is 0 Å². The number of hydrogen-bond donors (Lipinski definition) is 1. The molecule has 0 saturated carbocycles. The molecular weight excluding hydrogens is 403 g/mol. The van der Waals surface area contributed by atoms with Crippen molar-refractivity contribution >= 4 is 15.6 Å². The third-order valence-corrected chi connectivity index (χ3v) is 7.91. The molecule has 2 aromatic rings. The quantitative estimate of drug-likeness (QED) is 0.788. The Morgan fingerprint density at radius 1 is 1.17 bits per heavy atom. The Morgan fingerprint density at radius 2 is 1.93 bits per heavy atom. The fourth-order valence-electron chi connectivity index (χ4n) is 4.46. The molecule has 2 aliphatic rings. The van der Waals surface area contributed by atoms with Crippen LogP contribution >= 0.6 is 0 Å². The van der Waals surface area contributed by atoms with E-state index in [-0.39, 0.29) is 4.90 Å². The Bertz CT molecular complexity index is 1110. The molecule has 1 saturated heterocycles. The van der Waals surface area contributed by atoms with Crippen molar-refractivity contribution in [1.82, 2.24) is 4.31 Å². The molecule has 30 heavy (non-hydrogen) atoms. The Kier molecular flexibility index (Phi) is 5.74. The molecule has 0 unspecified atom stereocenters. The molecular formula is C23H23FN2O3S. The first-order valence-corrected chi connectivity index (χ1v) is 11.5. The second-order valence-electron chi connectivity index (χ2n) is 7.74. The molecule has 0 radical (unpaired) electrons. The van der Waals surface area contributed by atoms with Gasteiger partial charge in [0.25, 0.3) is 0 Å². The van der Waals surface area contributed by atoms with Gasteiger partial charge in [0.1, 0.15) is 11.9 Å². The van der Waals surface area contributed by atoms with Crippen molar-refractivity contribution in [2.45, 2.75) is 48.6 Å². The van der Waals surface area contributed by atoms with Gasteiger partial charge in [0.05, 0.1) is 23.6 Å². The van der Waals surface area contributed by atoms with E-state index in [1.165, 1.54) is 30.5 Å². The number of nitriles is 1. The first kappa shape index (κ1) is 20.7. The lowest BCUT2D eigenvalue weighted by atomic mass is 9.78. The summed E-state index contributed by atoms with van der Waals surface area (Å²) in [6.45, 7) is -0.426. The van der Waals surface area contributed by atoms with E-state index in [0.717, 1.165) is 40.4 Å². The fourth-order valence-corrected chi connectivity index (χ4v) is 6.25. The highest BCUT2D eigenvalue weighted by Gasteiger charge is 2.55. The summed E-state index contributed by atoms with van der Waals surface area (Å²) >= 11 is 0. The minimum absolute atomic E-state index is 0.223. The molecule has 3 atom stereocenters. The maximum atomic E-state index is 13.6. The largest absolute Gasteiger partial charge is 0.395 e. The van der Waals surface area contributed by atoms with E-state index < -0.39 is 40.4 Å². The van der Waals surface area contributed by atoms with Crippen LogP contribution in [0.1, 0.15) is 42.7 Å². The number of nitrogens with zero attached hydrogens (tertiary/aromatic N) is 2.